The van der Waals surface area contributed by atoms with Gasteiger partial charge >= 0.3 is 35.8 Å². The topological polar surface area (TPSA) is 0 Å². The second-order valence-corrected chi connectivity index (χ2v) is 7.56. The molecule has 0 saturated carbocycles. The molecule has 0 aliphatic heterocycles. The molecule has 2 radical (unpaired) electrons. The van der Waals surface area contributed by atoms with E-state index in [1.54, 1.807) is 20.8 Å². The Kier molecular flexibility index (Phi) is 7.78. The molecule has 0 saturated heterocycles. The Morgan fingerprint density at radius 3 is 1.36 bits per heavy atom. The van der Waals surface area contributed by atoms with E-state index in [0.717, 1.165) is 5.57 Å². The molecule has 0 rings (SSSR count). The van der Waals surface area contributed by atoms with Crippen LogP contribution >= 0.6 is 0 Å². The van der Waals surface area contributed by atoms with Gasteiger partial charge in [0, 0.05) is 15.9 Å². The Labute approximate surface area is 154 Å². The molecular weight excluding hydrogens is 443 g/mol. The highest BCUT2D eigenvalue weighted by molar-refractivity contribution is 6.36. The lowest BCUT2D eigenvalue weighted by Gasteiger charge is -2.39. The molecule has 0 aliphatic rings. The fraction of sp³-hybridized carbons (Fsp3) is 0.857. The Bertz CT molecular complexity index is 570. The van der Waals surface area contributed by atoms with Crippen LogP contribution in [0.2, 0.25) is 12.1 Å². The van der Waals surface area contributed by atoms with E-state index in [9.17, 15) is 57.1 Å². The first-order chi connectivity index (χ1) is 12.1. The van der Waals surface area contributed by atoms with Gasteiger partial charge in [0.25, 0.3) is 0 Å². The minimum absolute atomic E-state index is 0.0999. The zero-order chi connectivity index (χ0) is 23.0. The van der Waals surface area contributed by atoms with Crippen molar-refractivity contribution in [2.75, 3.05) is 0 Å². The SMILES string of the molecule is CC(C)=C(C)C[Si]CCC(F)(F)C(F)(F)C(F)(F)C(F)(F)C(F)(F)C(F)(F)F. The fourth-order valence-corrected chi connectivity index (χ4v) is 3.05. The molecule has 0 amide bonds. The quantitative estimate of drug-likeness (QED) is 0.151. The van der Waals surface area contributed by atoms with Gasteiger partial charge in [-0.2, -0.15) is 57.1 Å². The van der Waals surface area contributed by atoms with Crippen LogP contribution in [-0.2, 0) is 0 Å². The maximum atomic E-state index is 13.5. The number of alkyl halides is 13. The Balaban J connectivity index is 5.65. The van der Waals surface area contributed by atoms with E-state index in [2.05, 4.69) is 0 Å². The van der Waals surface area contributed by atoms with Crippen molar-refractivity contribution in [1.82, 2.24) is 0 Å². The number of hydrogen-bond donors (Lipinski definition) is 0. The highest BCUT2D eigenvalue weighted by Crippen LogP contribution is 2.60. The Morgan fingerprint density at radius 1 is 0.607 bits per heavy atom. The van der Waals surface area contributed by atoms with Crippen molar-refractivity contribution in [2.45, 2.75) is 75.1 Å². The third kappa shape index (κ3) is 4.61. The summed E-state index contributed by atoms with van der Waals surface area (Å²) in [6.07, 6.45) is -9.49. The van der Waals surface area contributed by atoms with Gasteiger partial charge < -0.3 is 0 Å². The first-order valence-electron chi connectivity index (χ1n) is 7.37. The lowest BCUT2D eigenvalue weighted by Crippen LogP contribution is -2.70. The lowest BCUT2D eigenvalue weighted by atomic mass is 9.93. The highest BCUT2D eigenvalue weighted by atomic mass is 28.2. The lowest BCUT2D eigenvalue weighted by molar-refractivity contribution is -0.439. The molecule has 0 unspecified atom stereocenters. The van der Waals surface area contributed by atoms with Gasteiger partial charge in [-0.25, -0.2) is 0 Å². The van der Waals surface area contributed by atoms with Gasteiger partial charge in [0.1, 0.15) is 0 Å². The molecule has 0 fully saturated rings. The van der Waals surface area contributed by atoms with E-state index >= 15 is 0 Å². The molecule has 0 heterocycles. The molecular formula is C14H15F13Si. The van der Waals surface area contributed by atoms with E-state index in [4.69, 9.17) is 0 Å². The average Bonchev–Trinajstić information content (AvgIpc) is 2.49. The number of hydrogen-bond acceptors (Lipinski definition) is 0. The van der Waals surface area contributed by atoms with Crippen molar-refractivity contribution in [2.24, 2.45) is 0 Å². The molecule has 0 bridgehead atoms. The maximum absolute atomic E-state index is 13.5. The summed E-state index contributed by atoms with van der Waals surface area (Å²) in [6.45, 7) is 4.82. The molecule has 14 heteroatoms. The second-order valence-electron chi connectivity index (χ2n) is 6.21. The molecule has 0 nitrogen and oxygen atoms in total. The van der Waals surface area contributed by atoms with Crippen molar-refractivity contribution < 1.29 is 57.1 Å². The van der Waals surface area contributed by atoms with Crippen LogP contribution in [0.1, 0.15) is 27.2 Å². The molecule has 0 N–H and O–H groups in total. The second kappa shape index (κ2) is 8.05. The van der Waals surface area contributed by atoms with Crippen LogP contribution in [0.25, 0.3) is 0 Å². The number of rotatable bonds is 9. The van der Waals surface area contributed by atoms with Gasteiger partial charge in [-0.1, -0.05) is 17.2 Å². The predicted molar refractivity (Wildman–Crippen MR) is 74.8 cm³/mol. The van der Waals surface area contributed by atoms with Crippen molar-refractivity contribution in [3.05, 3.63) is 11.1 Å². The summed E-state index contributed by atoms with van der Waals surface area (Å²) in [5.74, 6) is -36.3. The van der Waals surface area contributed by atoms with Crippen LogP contribution < -0.4 is 0 Å². The average molecular weight is 458 g/mol. The highest BCUT2D eigenvalue weighted by Gasteiger charge is 2.90. The van der Waals surface area contributed by atoms with E-state index in [0.29, 0.717) is 5.57 Å². The van der Waals surface area contributed by atoms with E-state index in [1.165, 1.54) is 0 Å². The third-order valence-electron chi connectivity index (χ3n) is 3.86. The molecule has 0 spiro atoms. The van der Waals surface area contributed by atoms with Gasteiger partial charge in [-0.15, -0.1) is 0 Å². The summed E-state index contributed by atoms with van der Waals surface area (Å²) in [6, 6.07) is -0.771. The van der Waals surface area contributed by atoms with Crippen LogP contribution in [0.5, 0.6) is 0 Å². The molecule has 166 valence electrons. The van der Waals surface area contributed by atoms with Gasteiger partial charge in [-0.3, -0.25) is 0 Å². The largest absolute Gasteiger partial charge is 0.460 e. The molecule has 0 aromatic rings. The van der Waals surface area contributed by atoms with Crippen LogP contribution in [0, 0.1) is 0 Å². The number of halogens is 13. The van der Waals surface area contributed by atoms with Crippen LogP contribution in [0.4, 0.5) is 57.1 Å². The van der Waals surface area contributed by atoms with Crippen LogP contribution in [0.15, 0.2) is 11.1 Å². The Hall–Kier alpha value is -0.953. The minimum atomic E-state index is -7.83. The third-order valence-corrected chi connectivity index (χ3v) is 5.24. The van der Waals surface area contributed by atoms with Crippen LogP contribution in [-0.4, -0.2) is 45.3 Å². The fourth-order valence-electron chi connectivity index (χ4n) is 1.66. The summed E-state index contributed by atoms with van der Waals surface area (Å²) in [7, 11) is -0.524. The smallest absolute Gasteiger partial charge is 0.200 e. The van der Waals surface area contributed by atoms with E-state index in [1.807, 2.05) is 0 Å². The molecule has 0 aliphatic carbocycles. The summed E-state index contributed by atoms with van der Waals surface area (Å²) >= 11 is 0. The first-order valence-corrected chi connectivity index (χ1v) is 8.79. The summed E-state index contributed by atoms with van der Waals surface area (Å²) in [4.78, 5) is 0. The summed E-state index contributed by atoms with van der Waals surface area (Å²) in [5, 5.41) is 0. The normalized spacial score (nSPS) is 15.0. The van der Waals surface area contributed by atoms with E-state index < -0.39 is 57.8 Å². The molecule has 0 aromatic carbocycles. The van der Waals surface area contributed by atoms with Crippen molar-refractivity contribution in [3.63, 3.8) is 0 Å². The van der Waals surface area contributed by atoms with Gasteiger partial charge in [0.15, 0.2) is 0 Å². The summed E-state index contributed by atoms with van der Waals surface area (Å²) in [5.41, 5.74) is 1.42. The zero-order valence-corrected chi connectivity index (χ0v) is 15.5. The maximum Gasteiger partial charge on any atom is 0.460 e. The van der Waals surface area contributed by atoms with Crippen molar-refractivity contribution in [3.8, 4) is 0 Å². The Morgan fingerprint density at radius 2 is 1.00 bits per heavy atom. The molecule has 0 atom stereocenters. The first kappa shape index (κ1) is 27.0. The van der Waals surface area contributed by atoms with Crippen molar-refractivity contribution in [1.29, 1.82) is 0 Å². The predicted octanol–water partition coefficient (Wildman–Crippen LogP) is 7.01. The van der Waals surface area contributed by atoms with Crippen molar-refractivity contribution >= 4 is 9.52 Å². The zero-order valence-electron chi connectivity index (χ0n) is 14.5. The van der Waals surface area contributed by atoms with Gasteiger partial charge in [0.2, 0.25) is 0 Å². The molecule has 0 aromatic heterocycles. The molecule has 28 heavy (non-hydrogen) atoms. The van der Waals surface area contributed by atoms with Gasteiger partial charge in [-0.05, 0) is 26.8 Å². The van der Waals surface area contributed by atoms with E-state index in [-0.39, 0.29) is 6.04 Å². The number of allylic oxidation sites excluding steroid dienone is 2. The standard InChI is InChI=1S/C14H15F13Si/c1-7(2)8(3)6-28-5-4-9(15,16)10(17,18)11(19,20)12(21,22)13(23,24)14(25,26)27/h4-6H2,1-3H3. The van der Waals surface area contributed by atoms with Crippen LogP contribution in [0.3, 0.4) is 0 Å². The minimum Gasteiger partial charge on any atom is -0.200 e. The summed E-state index contributed by atoms with van der Waals surface area (Å²) < 4.78 is 168. The van der Waals surface area contributed by atoms with Gasteiger partial charge in [0.05, 0.1) is 0 Å². The monoisotopic (exact) mass is 458 g/mol.